The zero-order valence-corrected chi connectivity index (χ0v) is 13.7. The Morgan fingerprint density at radius 3 is 2.52 bits per heavy atom. The Labute approximate surface area is 131 Å². The van der Waals surface area contributed by atoms with E-state index in [0.717, 1.165) is 36.7 Å². The topological polar surface area (TPSA) is 53.9 Å². The summed E-state index contributed by atoms with van der Waals surface area (Å²) in [5, 5.41) is 4.84. The highest BCUT2D eigenvalue weighted by atomic mass is 32.2. The van der Waals surface area contributed by atoms with Gasteiger partial charge in [0.15, 0.2) is 5.16 Å². The van der Waals surface area contributed by atoms with E-state index in [0.29, 0.717) is 5.25 Å². The third kappa shape index (κ3) is 3.99. The maximum absolute atomic E-state index is 4.73. The minimum Gasteiger partial charge on any atom is -0.354 e. The number of nitrogens with zero attached hydrogens (tertiary/aromatic N) is 4. The Balaban J connectivity index is 1.78. The van der Waals surface area contributed by atoms with Gasteiger partial charge in [-0.3, -0.25) is 0 Å². The number of nitrogens with one attached hydrogen (secondary N) is 1. The summed E-state index contributed by atoms with van der Waals surface area (Å²) in [6.07, 6.45) is 9.10. The van der Waals surface area contributed by atoms with E-state index in [1.807, 2.05) is 11.8 Å². The molecule has 6 heteroatoms. The average molecular weight is 307 g/mol. The summed E-state index contributed by atoms with van der Waals surface area (Å²) in [5.41, 5.74) is 0. The molecule has 1 saturated heterocycles. The second kappa shape index (κ2) is 7.29. The van der Waals surface area contributed by atoms with Gasteiger partial charge in [0.1, 0.15) is 0 Å². The highest BCUT2D eigenvalue weighted by molar-refractivity contribution is 7.99. The first kappa shape index (κ1) is 14.9. The summed E-state index contributed by atoms with van der Waals surface area (Å²) >= 11 is 1.84. The van der Waals surface area contributed by atoms with Gasteiger partial charge in [0.2, 0.25) is 11.9 Å². The van der Waals surface area contributed by atoms with E-state index in [2.05, 4.69) is 27.1 Å². The van der Waals surface area contributed by atoms with Crippen LogP contribution in [0.25, 0.3) is 0 Å². The van der Waals surface area contributed by atoms with E-state index < -0.39 is 0 Å². The van der Waals surface area contributed by atoms with Crippen molar-refractivity contribution in [1.29, 1.82) is 0 Å². The first-order chi connectivity index (χ1) is 10.3. The monoisotopic (exact) mass is 307 g/mol. The van der Waals surface area contributed by atoms with Gasteiger partial charge in [-0.2, -0.15) is 15.0 Å². The molecular weight excluding hydrogens is 282 g/mol. The van der Waals surface area contributed by atoms with Crippen LogP contribution in [0.1, 0.15) is 51.9 Å². The van der Waals surface area contributed by atoms with Gasteiger partial charge in [-0.05, 0) is 39.0 Å². The smallest absolute Gasteiger partial charge is 0.231 e. The van der Waals surface area contributed by atoms with E-state index in [-0.39, 0.29) is 0 Å². The van der Waals surface area contributed by atoms with Crippen molar-refractivity contribution < 1.29 is 0 Å². The van der Waals surface area contributed by atoms with Gasteiger partial charge >= 0.3 is 0 Å². The molecule has 0 spiro atoms. The molecule has 1 aliphatic heterocycles. The van der Waals surface area contributed by atoms with E-state index in [1.165, 1.54) is 44.9 Å². The lowest BCUT2D eigenvalue weighted by Crippen LogP contribution is -2.31. The molecule has 0 atom stereocenters. The van der Waals surface area contributed by atoms with Crippen molar-refractivity contribution in [2.75, 3.05) is 29.9 Å². The molecule has 116 valence electrons. The molecule has 0 aromatic carbocycles. The highest BCUT2D eigenvalue weighted by Gasteiger charge is 2.20. The summed E-state index contributed by atoms with van der Waals surface area (Å²) in [6, 6.07) is 0. The molecule has 3 rings (SSSR count). The molecular formula is C15H25N5S. The van der Waals surface area contributed by atoms with Crippen molar-refractivity contribution in [2.45, 2.75) is 62.3 Å². The molecule has 1 N–H and O–H groups in total. The lowest BCUT2D eigenvalue weighted by molar-refractivity contribution is 0.565. The van der Waals surface area contributed by atoms with Crippen molar-refractivity contribution in [3.05, 3.63) is 0 Å². The quantitative estimate of drug-likeness (QED) is 0.900. The molecule has 2 fully saturated rings. The van der Waals surface area contributed by atoms with Crippen molar-refractivity contribution >= 4 is 23.7 Å². The van der Waals surface area contributed by atoms with Crippen LogP contribution < -0.4 is 10.2 Å². The zero-order valence-electron chi connectivity index (χ0n) is 12.8. The molecule has 0 amide bonds. The fourth-order valence-corrected chi connectivity index (χ4v) is 4.17. The molecule has 0 bridgehead atoms. The summed E-state index contributed by atoms with van der Waals surface area (Å²) in [6.45, 7) is 5.07. The van der Waals surface area contributed by atoms with E-state index in [1.54, 1.807) is 0 Å². The Kier molecular flexibility index (Phi) is 5.17. The Morgan fingerprint density at radius 2 is 1.81 bits per heavy atom. The first-order valence-electron chi connectivity index (χ1n) is 8.26. The second-order valence-corrected chi connectivity index (χ2v) is 7.11. The molecule has 5 nitrogen and oxygen atoms in total. The third-order valence-electron chi connectivity index (χ3n) is 4.15. The van der Waals surface area contributed by atoms with Gasteiger partial charge in [0, 0.05) is 24.9 Å². The van der Waals surface area contributed by atoms with E-state index >= 15 is 0 Å². The maximum Gasteiger partial charge on any atom is 0.231 e. The van der Waals surface area contributed by atoms with Crippen LogP contribution in [0.15, 0.2) is 5.16 Å². The minimum absolute atomic E-state index is 0.691. The molecule has 21 heavy (non-hydrogen) atoms. The molecule has 1 aromatic rings. The number of piperidine rings is 1. The molecule has 1 aromatic heterocycles. The third-order valence-corrected chi connectivity index (χ3v) is 5.35. The molecule has 2 heterocycles. The Hall–Kier alpha value is -1.04. The standard InChI is InChI=1S/C15H25N5S/c1-2-16-13-17-14(20-10-6-3-7-11-20)19-15(18-13)21-12-8-4-5-9-12/h12H,2-11H2,1H3,(H,16,17,18,19). The summed E-state index contributed by atoms with van der Waals surface area (Å²) in [7, 11) is 0. The van der Waals surface area contributed by atoms with Gasteiger partial charge in [0.05, 0.1) is 0 Å². The molecule has 0 unspecified atom stereocenters. The summed E-state index contributed by atoms with van der Waals surface area (Å²) in [5.74, 6) is 1.59. The largest absolute Gasteiger partial charge is 0.354 e. The van der Waals surface area contributed by atoms with Crippen molar-refractivity contribution in [3.8, 4) is 0 Å². The number of aromatic nitrogens is 3. The molecule has 1 aliphatic carbocycles. The van der Waals surface area contributed by atoms with Gasteiger partial charge < -0.3 is 10.2 Å². The van der Waals surface area contributed by atoms with Crippen LogP contribution in [0.4, 0.5) is 11.9 Å². The summed E-state index contributed by atoms with van der Waals surface area (Å²) in [4.78, 5) is 16.2. The summed E-state index contributed by atoms with van der Waals surface area (Å²) < 4.78 is 0. The lowest BCUT2D eigenvalue weighted by Gasteiger charge is -2.27. The zero-order chi connectivity index (χ0) is 14.5. The fraction of sp³-hybridized carbons (Fsp3) is 0.800. The molecule has 2 aliphatic rings. The first-order valence-corrected chi connectivity index (χ1v) is 9.14. The van der Waals surface area contributed by atoms with Crippen LogP contribution in [-0.4, -0.2) is 39.8 Å². The predicted octanol–water partition coefficient (Wildman–Crippen LogP) is 3.33. The number of anilines is 2. The number of thioether (sulfide) groups is 1. The minimum atomic E-state index is 0.691. The van der Waals surface area contributed by atoms with Crippen molar-refractivity contribution in [2.24, 2.45) is 0 Å². The lowest BCUT2D eigenvalue weighted by atomic mass is 10.1. The number of hydrogen-bond acceptors (Lipinski definition) is 6. The van der Waals surface area contributed by atoms with E-state index in [4.69, 9.17) is 4.98 Å². The highest BCUT2D eigenvalue weighted by Crippen LogP contribution is 2.33. The molecule has 1 saturated carbocycles. The van der Waals surface area contributed by atoms with Crippen LogP contribution in [0.2, 0.25) is 0 Å². The van der Waals surface area contributed by atoms with Crippen LogP contribution >= 0.6 is 11.8 Å². The van der Waals surface area contributed by atoms with Crippen LogP contribution in [0, 0.1) is 0 Å². The average Bonchev–Trinajstić information content (AvgIpc) is 3.01. The van der Waals surface area contributed by atoms with Crippen LogP contribution in [0.5, 0.6) is 0 Å². The van der Waals surface area contributed by atoms with Gasteiger partial charge in [0.25, 0.3) is 0 Å². The fourth-order valence-electron chi connectivity index (χ4n) is 3.03. The van der Waals surface area contributed by atoms with Gasteiger partial charge in [-0.25, -0.2) is 0 Å². The Morgan fingerprint density at radius 1 is 1.05 bits per heavy atom. The van der Waals surface area contributed by atoms with Crippen molar-refractivity contribution in [1.82, 2.24) is 15.0 Å². The van der Waals surface area contributed by atoms with Crippen molar-refractivity contribution in [3.63, 3.8) is 0 Å². The number of rotatable bonds is 5. The Bertz CT molecular complexity index is 455. The molecule has 0 radical (unpaired) electrons. The van der Waals surface area contributed by atoms with Crippen LogP contribution in [0.3, 0.4) is 0 Å². The van der Waals surface area contributed by atoms with Gasteiger partial charge in [-0.1, -0.05) is 24.6 Å². The normalized spacial score (nSPS) is 20.0. The van der Waals surface area contributed by atoms with E-state index in [9.17, 15) is 0 Å². The number of hydrogen-bond donors (Lipinski definition) is 1. The second-order valence-electron chi connectivity index (χ2n) is 5.84. The maximum atomic E-state index is 4.73. The SMILES string of the molecule is CCNc1nc(SC2CCCC2)nc(N2CCCCC2)n1. The predicted molar refractivity (Wildman–Crippen MR) is 88.2 cm³/mol. The van der Waals surface area contributed by atoms with Gasteiger partial charge in [-0.15, -0.1) is 0 Å². The van der Waals surface area contributed by atoms with Crippen LogP contribution in [-0.2, 0) is 0 Å².